The fraction of sp³-hybridized carbons (Fsp3) is 0.450. The lowest BCUT2D eigenvalue weighted by atomic mass is 9.97. The van der Waals surface area contributed by atoms with Gasteiger partial charge in [0, 0.05) is 31.9 Å². The Labute approximate surface area is 176 Å². The second kappa shape index (κ2) is 8.02. The minimum Gasteiger partial charge on any atom is -0.333 e. The van der Waals surface area contributed by atoms with Gasteiger partial charge in [-0.05, 0) is 24.8 Å². The zero-order valence-corrected chi connectivity index (χ0v) is 16.7. The molecule has 0 spiro atoms. The zero-order chi connectivity index (χ0) is 22.2. The molecule has 0 aromatic carbocycles. The SMILES string of the molecule is [C-]#[N+]c1cnc(Nc2cnn(C)c2)nc1C1=CC2CCC(C1)N2C(=O)CCC(F)(F)F. The summed E-state index contributed by atoms with van der Waals surface area (Å²) in [6.45, 7) is 7.45. The van der Waals surface area contributed by atoms with E-state index in [0.717, 1.165) is 5.57 Å². The molecule has 1 saturated heterocycles. The van der Waals surface area contributed by atoms with Crippen LogP contribution in [0.2, 0.25) is 0 Å². The molecule has 2 bridgehead atoms. The molecule has 8 nitrogen and oxygen atoms in total. The molecule has 4 heterocycles. The smallest absolute Gasteiger partial charge is 0.333 e. The quantitative estimate of drug-likeness (QED) is 0.724. The molecule has 2 aliphatic rings. The van der Waals surface area contributed by atoms with Gasteiger partial charge in [0.1, 0.15) is 0 Å². The number of fused-ring (bicyclic) bond motifs is 2. The number of carbonyl (C=O) groups excluding carboxylic acids is 1. The summed E-state index contributed by atoms with van der Waals surface area (Å²) < 4.78 is 39.2. The number of hydrogen-bond donors (Lipinski definition) is 1. The van der Waals surface area contributed by atoms with Crippen LogP contribution < -0.4 is 5.32 Å². The van der Waals surface area contributed by atoms with Crippen molar-refractivity contribution < 1.29 is 18.0 Å². The minimum absolute atomic E-state index is 0.186. The van der Waals surface area contributed by atoms with Gasteiger partial charge >= 0.3 is 6.18 Å². The number of aromatic nitrogens is 4. The summed E-state index contributed by atoms with van der Waals surface area (Å²) in [5, 5.41) is 7.12. The maximum atomic E-state index is 12.5. The molecule has 4 rings (SSSR count). The normalized spacial score (nSPS) is 20.4. The van der Waals surface area contributed by atoms with Gasteiger partial charge < -0.3 is 10.2 Å². The third-order valence-electron chi connectivity index (χ3n) is 5.46. The first-order chi connectivity index (χ1) is 14.7. The maximum Gasteiger partial charge on any atom is 0.389 e. The lowest BCUT2D eigenvalue weighted by molar-refractivity contribution is -0.150. The third-order valence-corrected chi connectivity index (χ3v) is 5.46. The molecule has 1 fully saturated rings. The van der Waals surface area contributed by atoms with Crippen molar-refractivity contribution in [1.82, 2.24) is 24.6 Å². The summed E-state index contributed by atoms with van der Waals surface area (Å²) in [4.78, 5) is 26.2. The zero-order valence-electron chi connectivity index (χ0n) is 16.7. The fourth-order valence-corrected chi connectivity index (χ4v) is 4.14. The van der Waals surface area contributed by atoms with Gasteiger partial charge in [0.15, 0.2) is 0 Å². The van der Waals surface area contributed by atoms with E-state index in [1.165, 1.54) is 6.20 Å². The van der Waals surface area contributed by atoms with Gasteiger partial charge in [-0.15, -0.1) is 0 Å². The number of carbonyl (C=O) groups is 1. The molecule has 0 radical (unpaired) electrons. The Kier molecular flexibility index (Phi) is 5.39. The lowest BCUT2D eigenvalue weighted by Crippen LogP contribution is -2.43. The van der Waals surface area contributed by atoms with Crippen LogP contribution in [-0.4, -0.2) is 48.8 Å². The summed E-state index contributed by atoms with van der Waals surface area (Å²) in [6.07, 6.45) is 2.51. The maximum absolute atomic E-state index is 12.5. The second-order valence-electron chi connectivity index (χ2n) is 7.68. The number of hydrogen-bond acceptors (Lipinski definition) is 5. The van der Waals surface area contributed by atoms with E-state index >= 15 is 0 Å². The first kappa shape index (κ1) is 20.8. The van der Waals surface area contributed by atoms with Crippen LogP contribution in [0.3, 0.4) is 0 Å². The average molecular weight is 431 g/mol. The van der Waals surface area contributed by atoms with Crippen molar-refractivity contribution >= 4 is 28.8 Å². The number of alkyl halides is 3. The third kappa shape index (κ3) is 4.52. The Morgan fingerprint density at radius 1 is 1.35 bits per heavy atom. The Balaban J connectivity index is 1.57. The van der Waals surface area contributed by atoms with Gasteiger partial charge in [-0.25, -0.2) is 14.8 Å². The van der Waals surface area contributed by atoms with E-state index in [-0.39, 0.29) is 12.1 Å². The van der Waals surface area contributed by atoms with Crippen molar-refractivity contribution in [2.24, 2.45) is 7.05 Å². The Hall–Kier alpha value is -3.42. The van der Waals surface area contributed by atoms with E-state index in [1.54, 1.807) is 29.0 Å². The summed E-state index contributed by atoms with van der Waals surface area (Å²) >= 11 is 0. The molecule has 0 saturated carbocycles. The molecule has 31 heavy (non-hydrogen) atoms. The molecule has 2 atom stereocenters. The van der Waals surface area contributed by atoms with Crippen LogP contribution in [0.1, 0.15) is 37.8 Å². The highest BCUT2D eigenvalue weighted by atomic mass is 19.4. The predicted octanol–water partition coefficient (Wildman–Crippen LogP) is 3.99. The van der Waals surface area contributed by atoms with Crippen LogP contribution >= 0.6 is 0 Å². The van der Waals surface area contributed by atoms with E-state index in [4.69, 9.17) is 6.57 Å². The van der Waals surface area contributed by atoms with Crippen molar-refractivity contribution in [2.75, 3.05) is 5.32 Å². The second-order valence-corrected chi connectivity index (χ2v) is 7.68. The molecule has 2 unspecified atom stereocenters. The number of rotatable bonds is 5. The summed E-state index contributed by atoms with van der Waals surface area (Å²) in [5.41, 5.74) is 2.29. The predicted molar refractivity (Wildman–Crippen MR) is 106 cm³/mol. The van der Waals surface area contributed by atoms with E-state index in [2.05, 4.69) is 25.2 Å². The van der Waals surface area contributed by atoms with Crippen molar-refractivity contribution in [3.05, 3.63) is 41.8 Å². The fourth-order valence-electron chi connectivity index (χ4n) is 4.14. The highest BCUT2D eigenvalue weighted by Crippen LogP contribution is 2.41. The summed E-state index contributed by atoms with van der Waals surface area (Å²) in [7, 11) is 1.78. The van der Waals surface area contributed by atoms with E-state index in [1.807, 2.05) is 6.08 Å². The highest BCUT2D eigenvalue weighted by Gasteiger charge is 2.41. The van der Waals surface area contributed by atoms with E-state index in [0.29, 0.717) is 42.3 Å². The number of nitrogens with one attached hydrogen (secondary N) is 1. The van der Waals surface area contributed by atoms with Gasteiger partial charge in [-0.3, -0.25) is 9.48 Å². The molecule has 0 aliphatic carbocycles. The van der Waals surface area contributed by atoms with Crippen LogP contribution in [-0.2, 0) is 11.8 Å². The molecule has 1 N–H and O–H groups in total. The first-order valence-corrected chi connectivity index (χ1v) is 9.82. The molecule has 162 valence electrons. The molecule has 1 amide bonds. The van der Waals surface area contributed by atoms with Gasteiger partial charge in [0.05, 0.1) is 36.6 Å². The van der Waals surface area contributed by atoms with Crippen LogP contribution in [0.15, 0.2) is 24.7 Å². The first-order valence-electron chi connectivity index (χ1n) is 9.82. The van der Waals surface area contributed by atoms with Gasteiger partial charge in [0.2, 0.25) is 17.5 Å². The molecule has 2 aromatic rings. The standard InChI is InChI=1S/C20H20F3N7O/c1-24-16-10-25-19(27-13-9-26-29(2)11-13)28-18(16)12-7-14-3-4-15(8-12)30(14)17(31)5-6-20(21,22)23/h7,9-11,14-15H,3-6,8H2,2H3,(H,25,27,28). The van der Waals surface area contributed by atoms with Crippen molar-refractivity contribution in [2.45, 2.75) is 50.4 Å². The Morgan fingerprint density at radius 2 is 2.16 bits per heavy atom. The number of anilines is 2. The largest absolute Gasteiger partial charge is 0.389 e. The summed E-state index contributed by atoms with van der Waals surface area (Å²) in [6, 6.07) is -0.466. The minimum atomic E-state index is -4.35. The molecular weight excluding hydrogens is 411 g/mol. The number of halogens is 3. The Morgan fingerprint density at radius 3 is 2.81 bits per heavy atom. The van der Waals surface area contributed by atoms with Crippen molar-refractivity contribution in [3.8, 4) is 0 Å². The van der Waals surface area contributed by atoms with Crippen molar-refractivity contribution in [1.29, 1.82) is 0 Å². The lowest BCUT2D eigenvalue weighted by Gasteiger charge is -2.34. The number of nitrogens with zero attached hydrogens (tertiary/aromatic N) is 6. The van der Waals surface area contributed by atoms with Crippen molar-refractivity contribution in [3.63, 3.8) is 0 Å². The molecule has 2 aromatic heterocycles. The van der Waals surface area contributed by atoms with Crippen LogP contribution in [0.25, 0.3) is 10.4 Å². The van der Waals surface area contributed by atoms with Gasteiger partial charge in [-0.1, -0.05) is 6.08 Å². The average Bonchev–Trinajstić information content (AvgIpc) is 3.24. The monoisotopic (exact) mass is 431 g/mol. The van der Waals surface area contributed by atoms with E-state index in [9.17, 15) is 18.0 Å². The molecule has 11 heteroatoms. The van der Waals surface area contributed by atoms with Gasteiger partial charge in [-0.2, -0.15) is 18.3 Å². The molecule has 2 aliphatic heterocycles. The number of amides is 1. The topological polar surface area (TPSA) is 80.3 Å². The van der Waals surface area contributed by atoms with Crippen LogP contribution in [0, 0.1) is 6.57 Å². The summed E-state index contributed by atoms with van der Waals surface area (Å²) in [5.74, 6) is -0.167. The molecular formula is C20H20F3N7O. The van der Waals surface area contributed by atoms with Gasteiger partial charge in [0.25, 0.3) is 0 Å². The van der Waals surface area contributed by atoms with Crippen LogP contribution in [0.5, 0.6) is 0 Å². The van der Waals surface area contributed by atoms with E-state index < -0.39 is 24.9 Å². The van der Waals surface area contributed by atoms with Crippen LogP contribution in [0.4, 0.5) is 30.5 Å². The number of aryl methyl sites for hydroxylation is 1. The highest BCUT2D eigenvalue weighted by molar-refractivity contribution is 5.82. The Bertz CT molecular complexity index is 1070.